The highest BCUT2D eigenvalue weighted by molar-refractivity contribution is 6.06. The van der Waals surface area contributed by atoms with Gasteiger partial charge in [0.05, 0.1) is 0 Å². The fraction of sp³-hybridized carbons (Fsp3) is 0.264. The first-order valence-corrected chi connectivity index (χ1v) is 20.9. The molecule has 1 aromatic heterocycles. The van der Waals surface area contributed by atoms with Crippen LogP contribution >= 0.6 is 0 Å². The van der Waals surface area contributed by atoms with Crippen molar-refractivity contribution in [3.05, 3.63) is 184 Å². The zero-order valence-corrected chi connectivity index (χ0v) is 33.9. The molecule has 0 spiro atoms. The molecule has 0 fully saturated rings. The van der Waals surface area contributed by atoms with Crippen molar-refractivity contribution >= 4 is 45.6 Å². The Kier molecular flexibility index (Phi) is 10.8. The van der Waals surface area contributed by atoms with Crippen LogP contribution in [0.15, 0.2) is 157 Å². The molecule has 56 heavy (non-hydrogen) atoms. The first kappa shape index (κ1) is 37.3. The second kappa shape index (κ2) is 16.2. The number of rotatable bonds is 12. The molecule has 3 aliphatic rings. The zero-order chi connectivity index (χ0) is 38.6. The Labute approximate surface area is 335 Å². The first-order chi connectivity index (χ1) is 27.4. The normalized spacial score (nSPS) is 17.9. The van der Waals surface area contributed by atoms with E-state index in [-0.39, 0.29) is 5.41 Å². The minimum atomic E-state index is -0.155. The predicted octanol–water partition coefficient (Wildman–Crippen LogP) is 13.1. The number of likely N-dealkylation sites (N-methyl/N-ethyl adjacent to an activating group) is 1. The van der Waals surface area contributed by atoms with Gasteiger partial charge in [-0.25, -0.2) is 0 Å². The summed E-state index contributed by atoms with van der Waals surface area (Å²) >= 11 is 0. The summed E-state index contributed by atoms with van der Waals surface area (Å²) in [5.41, 5.74) is 16.5. The number of aromatic nitrogens is 1. The lowest BCUT2D eigenvalue weighted by molar-refractivity contribution is -0.673. The fourth-order valence-corrected chi connectivity index (χ4v) is 9.02. The molecule has 0 saturated carbocycles. The minimum Gasteiger partial charge on any atom is -0.347 e. The molecule has 1 aliphatic carbocycles. The van der Waals surface area contributed by atoms with Crippen LogP contribution < -0.4 is 14.4 Å². The van der Waals surface area contributed by atoms with Crippen LogP contribution in [0, 0.1) is 0 Å². The topological polar surface area (TPSA) is 10.4 Å². The van der Waals surface area contributed by atoms with E-state index in [1.54, 1.807) is 0 Å². The smallest absolute Gasteiger partial charge is 0.212 e. The van der Waals surface area contributed by atoms with Gasteiger partial charge in [0, 0.05) is 71.8 Å². The lowest BCUT2D eigenvalue weighted by Crippen LogP contribution is -2.38. The van der Waals surface area contributed by atoms with Crippen molar-refractivity contribution in [2.24, 2.45) is 0 Å². The number of nitrogens with zero attached hydrogens (tertiary/aromatic N) is 3. The molecule has 4 aromatic carbocycles. The maximum Gasteiger partial charge on any atom is 0.212 e. The van der Waals surface area contributed by atoms with E-state index in [9.17, 15) is 0 Å². The number of hydrogen-bond acceptors (Lipinski definition) is 2. The molecule has 282 valence electrons. The molecule has 0 saturated heterocycles. The average Bonchev–Trinajstić information content (AvgIpc) is 3.62. The molecule has 5 aromatic rings. The number of pyridine rings is 1. The van der Waals surface area contributed by atoms with Crippen LogP contribution in [0.4, 0.5) is 11.4 Å². The Morgan fingerprint density at radius 1 is 0.643 bits per heavy atom. The van der Waals surface area contributed by atoms with E-state index in [0.717, 1.165) is 25.9 Å². The molecule has 8 rings (SSSR count). The third-order valence-electron chi connectivity index (χ3n) is 12.1. The van der Waals surface area contributed by atoms with E-state index >= 15 is 0 Å². The van der Waals surface area contributed by atoms with E-state index in [4.69, 9.17) is 0 Å². The molecular formula is C53H56N3+. The number of benzene rings is 4. The van der Waals surface area contributed by atoms with E-state index < -0.39 is 0 Å². The highest BCUT2D eigenvalue weighted by Gasteiger charge is 2.39. The highest BCUT2D eigenvalue weighted by atomic mass is 15.2. The van der Waals surface area contributed by atoms with Gasteiger partial charge < -0.3 is 9.80 Å². The second-order valence-electron chi connectivity index (χ2n) is 16.0. The Bertz CT molecular complexity index is 2450. The number of aryl methyl sites for hydroxylation is 1. The summed E-state index contributed by atoms with van der Waals surface area (Å²) in [6.45, 7) is 11.3. The summed E-state index contributed by atoms with van der Waals surface area (Å²) in [5.74, 6) is 0. The molecule has 3 nitrogen and oxygen atoms in total. The lowest BCUT2D eigenvalue weighted by atomic mass is 9.82. The number of unbranched alkanes of at least 4 members (excludes halogenated alkanes) is 4. The number of hydrogen-bond donors (Lipinski definition) is 0. The van der Waals surface area contributed by atoms with Crippen LogP contribution in [0.25, 0.3) is 34.2 Å². The van der Waals surface area contributed by atoms with Gasteiger partial charge in [-0.05, 0) is 100 Å². The predicted molar refractivity (Wildman–Crippen MR) is 240 cm³/mol. The van der Waals surface area contributed by atoms with Crippen molar-refractivity contribution < 1.29 is 4.57 Å². The maximum atomic E-state index is 2.52. The molecule has 0 radical (unpaired) electrons. The van der Waals surface area contributed by atoms with Gasteiger partial charge in [0.25, 0.3) is 0 Å². The second-order valence-corrected chi connectivity index (χ2v) is 16.0. The fourth-order valence-electron chi connectivity index (χ4n) is 9.02. The average molecular weight is 735 g/mol. The maximum absolute atomic E-state index is 2.52. The van der Waals surface area contributed by atoms with Crippen molar-refractivity contribution in [3.8, 4) is 0 Å². The highest BCUT2D eigenvalue weighted by Crippen LogP contribution is 2.50. The largest absolute Gasteiger partial charge is 0.347 e. The molecule has 3 heteroatoms. The number of para-hydroxylation sites is 3. The SMILES string of the molecule is CCCCCN1/C(=C/C=C2C(/C=C3/N(C)c4ccccc4C3(C)C)=C(/C=C/c3ccc4ccccc4[n+]3CCCCC)c3ccccc3/2)C=Cc2ccccc21. The van der Waals surface area contributed by atoms with Crippen LogP contribution in [0.5, 0.6) is 0 Å². The monoisotopic (exact) mass is 734 g/mol. The van der Waals surface area contributed by atoms with Crippen LogP contribution in [0.3, 0.4) is 0 Å². The van der Waals surface area contributed by atoms with Gasteiger partial charge in [0.2, 0.25) is 11.2 Å². The summed E-state index contributed by atoms with van der Waals surface area (Å²) < 4.78 is 2.52. The summed E-state index contributed by atoms with van der Waals surface area (Å²) in [6, 6.07) is 40.1. The summed E-state index contributed by atoms with van der Waals surface area (Å²) in [5, 5.41) is 1.28. The van der Waals surface area contributed by atoms with Gasteiger partial charge in [-0.2, -0.15) is 4.57 Å². The third-order valence-corrected chi connectivity index (χ3v) is 12.1. The molecule has 0 amide bonds. The van der Waals surface area contributed by atoms with Crippen molar-refractivity contribution in [2.75, 3.05) is 23.4 Å². The van der Waals surface area contributed by atoms with E-state index in [2.05, 4.69) is 201 Å². The number of allylic oxidation sites excluding steroid dienone is 9. The zero-order valence-electron chi connectivity index (χ0n) is 33.9. The number of fused-ring (bicyclic) bond motifs is 4. The van der Waals surface area contributed by atoms with Gasteiger partial charge in [-0.1, -0.05) is 132 Å². The quantitative estimate of drug-likeness (QED) is 0.0933. The van der Waals surface area contributed by atoms with Gasteiger partial charge in [-0.15, -0.1) is 0 Å². The Morgan fingerprint density at radius 2 is 1.36 bits per heavy atom. The third kappa shape index (κ3) is 7.00. The summed E-state index contributed by atoms with van der Waals surface area (Å²) in [4.78, 5) is 4.93. The summed E-state index contributed by atoms with van der Waals surface area (Å²) in [6.07, 6.45) is 23.8. The van der Waals surface area contributed by atoms with E-state index in [1.807, 2.05) is 0 Å². The van der Waals surface area contributed by atoms with Crippen molar-refractivity contribution in [3.63, 3.8) is 0 Å². The first-order valence-electron chi connectivity index (χ1n) is 20.9. The van der Waals surface area contributed by atoms with Crippen molar-refractivity contribution in [1.29, 1.82) is 0 Å². The van der Waals surface area contributed by atoms with Crippen LogP contribution in [0.2, 0.25) is 0 Å². The van der Waals surface area contributed by atoms with Crippen LogP contribution in [-0.4, -0.2) is 13.6 Å². The van der Waals surface area contributed by atoms with Crippen LogP contribution in [0.1, 0.15) is 94.2 Å². The van der Waals surface area contributed by atoms with Crippen LogP contribution in [-0.2, 0) is 12.0 Å². The Balaban J connectivity index is 1.31. The molecule has 3 heterocycles. The van der Waals surface area contributed by atoms with Gasteiger partial charge in [-0.3, -0.25) is 0 Å². The van der Waals surface area contributed by atoms with E-state index in [0.29, 0.717) is 0 Å². The van der Waals surface area contributed by atoms with Gasteiger partial charge in [0.15, 0.2) is 0 Å². The molecule has 0 atom stereocenters. The standard InChI is InChI=1S/C53H56N3/c1-6-8-18-36-55-41(30-28-39-20-10-15-25-49(39)55)32-34-45-43-22-12-13-23-44(43)46(47(45)38-52-53(3,4)48-24-14-17-27-51(48)54(52)5)35-33-42-31-29-40-21-11-16-26-50(40)56(42)37-19-9-7-2/h10-17,20-35,38H,6-9,18-19,36-37H2,1-5H3/q+1. The molecule has 0 N–H and O–H groups in total. The van der Waals surface area contributed by atoms with E-state index in [1.165, 1.54) is 104 Å². The van der Waals surface area contributed by atoms with Crippen molar-refractivity contribution in [1.82, 2.24) is 0 Å². The number of anilines is 2. The molecule has 2 aliphatic heterocycles. The minimum absolute atomic E-state index is 0.155. The van der Waals surface area contributed by atoms with Crippen molar-refractivity contribution in [2.45, 2.75) is 78.2 Å². The van der Waals surface area contributed by atoms with Gasteiger partial charge >= 0.3 is 0 Å². The molecular weight excluding hydrogens is 679 g/mol. The van der Waals surface area contributed by atoms with Gasteiger partial charge in [0.1, 0.15) is 6.54 Å². The Hall–Kier alpha value is -5.67. The molecule has 0 bridgehead atoms. The Morgan fingerprint density at radius 3 is 2.18 bits per heavy atom. The molecule has 0 unspecified atom stereocenters. The summed E-state index contributed by atoms with van der Waals surface area (Å²) in [7, 11) is 2.23. The lowest BCUT2D eigenvalue weighted by Gasteiger charge is -2.30.